The number of nitrogens with one attached hydrogen (secondary N) is 1. The molecule has 0 saturated carbocycles. The third kappa shape index (κ3) is 5.26. The van der Waals surface area contributed by atoms with Crippen molar-refractivity contribution in [2.75, 3.05) is 52.4 Å². The summed E-state index contributed by atoms with van der Waals surface area (Å²) in [4.78, 5) is 30.0. The van der Waals surface area contributed by atoms with Crippen LogP contribution in [0.2, 0.25) is 0 Å². The number of likely N-dealkylation sites (tertiary alicyclic amines) is 1. The summed E-state index contributed by atoms with van der Waals surface area (Å²) >= 11 is 0. The van der Waals surface area contributed by atoms with Gasteiger partial charge in [0.05, 0.1) is 6.61 Å². The molecule has 0 aromatic carbocycles. The Morgan fingerprint density at radius 2 is 1.67 bits per heavy atom. The van der Waals surface area contributed by atoms with E-state index in [2.05, 4.69) is 17.1 Å². The Kier molecular flexibility index (Phi) is 7.62. The van der Waals surface area contributed by atoms with Gasteiger partial charge in [0.25, 0.3) is 0 Å². The molecule has 7 nitrogen and oxygen atoms in total. The van der Waals surface area contributed by atoms with Crippen LogP contribution in [0.1, 0.15) is 39.5 Å². The Labute approximate surface area is 145 Å². The zero-order valence-corrected chi connectivity index (χ0v) is 15.1. The lowest BCUT2D eigenvalue weighted by Crippen LogP contribution is -2.56. The third-order valence-corrected chi connectivity index (χ3v) is 4.91. The molecule has 2 fully saturated rings. The van der Waals surface area contributed by atoms with E-state index in [1.54, 1.807) is 4.90 Å². The Bertz CT molecular complexity index is 403. The summed E-state index contributed by atoms with van der Waals surface area (Å²) in [7, 11) is 0. The molecule has 7 heteroatoms. The number of carbonyl (C=O) groups is 2. The molecule has 0 aliphatic carbocycles. The van der Waals surface area contributed by atoms with E-state index >= 15 is 0 Å². The largest absolute Gasteiger partial charge is 0.450 e. The van der Waals surface area contributed by atoms with Crippen molar-refractivity contribution in [2.45, 2.75) is 45.6 Å². The SMILES string of the molecule is CCCCNC(=O)N1CCN(C2CCN(C(=O)OCC)CC2)CC1. The van der Waals surface area contributed by atoms with Crippen LogP contribution in [0, 0.1) is 0 Å². The molecule has 2 rings (SSSR count). The second-order valence-corrected chi connectivity index (χ2v) is 6.53. The van der Waals surface area contributed by atoms with E-state index in [0.717, 1.165) is 71.5 Å². The van der Waals surface area contributed by atoms with Gasteiger partial charge in [0.15, 0.2) is 0 Å². The molecule has 0 bridgehead atoms. The van der Waals surface area contributed by atoms with Crippen LogP contribution in [0.4, 0.5) is 9.59 Å². The van der Waals surface area contributed by atoms with Crippen molar-refractivity contribution in [3.63, 3.8) is 0 Å². The first-order valence-electron chi connectivity index (χ1n) is 9.34. The summed E-state index contributed by atoms with van der Waals surface area (Å²) in [6, 6.07) is 0.584. The maximum Gasteiger partial charge on any atom is 0.409 e. The average molecular weight is 340 g/mol. The number of piperidine rings is 1. The maximum absolute atomic E-state index is 12.1. The molecule has 0 aromatic rings. The average Bonchev–Trinajstić information content (AvgIpc) is 2.62. The number of rotatable bonds is 5. The molecular weight excluding hydrogens is 308 g/mol. The molecule has 2 saturated heterocycles. The Hall–Kier alpha value is -1.50. The monoisotopic (exact) mass is 340 g/mol. The van der Waals surface area contributed by atoms with E-state index in [1.807, 2.05) is 11.8 Å². The minimum atomic E-state index is -0.190. The first-order chi connectivity index (χ1) is 11.7. The van der Waals surface area contributed by atoms with Gasteiger partial charge in [-0.2, -0.15) is 0 Å². The number of urea groups is 1. The molecule has 24 heavy (non-hydrogen) atoms. The smallest absolute Gasteiger partial charge is 0.409 e. The molecule has 0 radical (unpaired) electrons. The first kappa shape index (κ1) is 18.8. The van der Waals surface area contributed by atoms with Crippen LogP contribution in [0.15, 0.2) is 0 Å². The molecule has 138 valence electrons. The molecular formula is C17H32N4O3. The van der Waals surface area contributed by atoms with E-state index < -0.39 is 0 Å². The topological polar surface area (TPSA) is 65.1 Å². The van der Waals surface area contributed by atoms with Gasteiger partial charge in [0.2, 0.25) is 0 Å². The standard InChI is InChI=1S/C17H32N4O3/c1-3-5-8-18-16(22)20-13-11-19(12-14-20)15-6-9-21(10-7-15)17(23)24-4-2/h15H,3-14H2,1-2H3,(H,18,22). The van der Waals surface area contributed by atoms with E-state index in [1.165, 1.54) is 0 Å². The number of piperazine rings is 1. The van der Waals surface area contributed by atoms with Gasteiger partial charge in [-0.3, -0.25) is 4.90 Å². The van der Waals surface area contributed by atoms with Gasteiger partial charge in [-0.05, 0) is 26.2 Å². The highest BCUT2D eigenvalue weighted by molar-refractivity contribution is 5.74. The van der Waals surface area contributed by atoms with Crippen molar-refractivity contribution < 1.29 is 14.3 Å². The van der Waals surface area contributed by atoms with Crippen molar-refractivity contribution in [1.82, 2.24) is 20.0 Å². The normalized spacial score (nSPS) is 20.1. The van der Waals surface area contributed by atoms with E-state index in [0.29, 0.717) is 12.6 Å². The van der Waals surface area contributed by atoms with Gasteiger partial charge in [-0.15, -0.1) is 0 Å². The lowest BCUT2D eigenvalue weighted by atomic mass is 10.0. The number of unbranched alkanes of at least 4 members (excludes halogenated alkanes) is 1. The highest BCUT2D eigenvalue weighted by Crippen LogP contribution is 2.19. The van der Waals surface area contributed by atoms with Crippen LogP contribution in [0.5, 0.6) is 0 Å². The Balaban J connectivity index is 1.68. The van der Waals surface area contributed by atoms with Crippen LogP contribution in [-0.4, -0.2) is 85.3 Å². The molecule has 2 aliphatic rings. The summed E-state index contributed by atoms with van der Waals surface area (Å²) in [6.45, 7) is 10.1. The van der Waals surface area contributed by atoms with E-state index in [4.69, 9.17) is 4.74 Å². The number of carbonyl (C=O) groups excluding carboxylic acids is 2. The molecule has 3 amide bonds. The summed E-state index contributed by atoms with van der Waals surface area (Å²) in [5.41, 5.74) is 0. The van der Waals surface area contributed by atoms with Crippen LogP contribution >= 0.6 is 0 Å². The van der Waals surface area contributed by atoms with Crippen molar-refractivity contribution in [3.05, 3.63) is 0 Å². The Morgan fingerprint density at radius 1 is 1.00 bits per heavy atom. The highest BCUT2D eigenvalue weighted by Gasteiger charge is 2.30. The van der Waals surface area contributed by atoms with Gasteiger partial charge in [0, 0.05) is 51.9 Å². The third-order valence-electron chi connectivity index (χ3n) is 4.91. The summed E-state index contributed by atoms with van der Waals surface area (Å²) in [5.74, 6) is 0. The van der Waals surface area contributed by atoms with E-state index in [-0.39, 0.29) is 12.1 Å². The fraction of sp³-hybridized carbons (Fsp3) is 0.882. The zero-order chi connectivity index (χ0) is 17.4. The molecule has 2 aliphatic heterocycles. The number of nitrogens with zero attached hydrogens (tertiary/aromatic N) is 3. The second-order valence-electron chi connectivity index (χ2n) is 6.53. The van der Waals surface area contributed by atoms with Gasteiger partial charge >= 0.3 is 12.1 Å². The molecule has 0 aromatic heterocycles. The summed E-state index contributed by atoms with van der Waals surface area (Å²) in [6.07, 6.45) is 3.91. The number of amides is 3. The fourth-order valence-electron chi connectivity index (χ4n) is 3.40. The van der Waals surface area contributed by atoms with Crippen LogP contribution in [0.3, 0.4) is 0 Å². The van der Waals surface area contributed by atoms with Crippen LogP contribution in [-0.2, 0) is 4.74 Å². The first-order valence-corrected chi connectivity index (χ1v) is 9.34. The Morgan fingerprint density at radius 3 is 2.25 bits per heavy atom. The van der Waals surface area contributed by atoms with Crippen molar-refractivity contribution in [3.8, 4) is 0 Å². The van der Waals surface area contributed by atoms with Crippen molar-refractivity contribution in [1.29, 1.82) is 0 Å². The number of hydrogen-bond donors (Lipinski definition) is 1. The molecule has 0 atom stereocenters. The summed E-state index contributed by atoms with van der Waals surface area (Å²) < 4.78 is 5.07. The van der Waals surface area contributed by atoms with Gasteiger partial charge in [-0.25, -0.2) is 9.59 Å². The zero-order valence-electron chi connectivity index (χ0n) is 15.1. The van der Waals surface area contributed by atoms with Crippen molar-refractivity contribution in [2.24, 2.45) is 0 Å². The van der Waals surface area contributed by atoms with E-state index in [9.17, 15) is 9.59 Å². The molecule has 0 unspecified atom stereocenters. The van der Waals surface area contributed by atoms with Gasteiger partial charge in [0.1, 0.15) is 0 Å². The summed E-state index contributed by atoms with van der Waals surface area (Å²) in [5, 5.41) is 2.99. The quantitative estimate of drug-likeness (QED) is 0.774. The number of hydrogen-bond acceptors (Lipinski definition) is 4. The maximum atomic E-state index is 12.1. The predicted molar refractivity (Wildman–Crippen MR) is 93.1 cm³/mol. The van der Waals surface area contributed by atoms with Gasteiger partial charge < -0.3 is 19.9 Å². The van der Waals surface area contributed by atoms with Crippen molar-refractivity contribution >= 4 is 12.1 Å². The predicted octanol–water partition coefficient (Wildman–Crippen LogP) is 1.73. The minimum Gasteiger partial charge on any atom is -0.450 e. The molecule has 0 spiro atoms. The number of ether oxygens (including phenoxy) is 1. The lowest BCUT2D eigenvalue weighted by molar-refractivity contribution is 0.0568. The fourth-order valence-corrected chi connectivity index (χ4v) is 3.40. The highest BCUT2D eigenvalue weighted by atomic mass is 16.6. The van der Waals surface area contributed by atoms with Crippen LogP contribution in [0.25, 0.3) is 0 Å². The second kappa shape index (κ2) is 9.71. The molecule has 2 heterocycles. The lowest BCUT2D eigenvalue weighted by Gasteiger charge is -2.42. The minimum absolute atomic E-state index is 0.0697. The molecule has 1 N–H and O–H groups in total. The van der Waals surface area contributed by atoms with Crippen LogP contribution < -0.4 is 5.32 Å². The van der Waals surface area contributed by atoms with Gasteiger partial charge in [-0.1, -0.05) is 13.3 Å².